The Morgan fingerprint density at radius 2 is 2.05 bits per heavy atom. The van der Waals surface area contributed by atoms with Crippen LogP contribution >= 0.6 is 0 Å². The van der Waals surface area contributed by atoms with E-state index in [1.807, 2.05) is 44.4 Å². The van der Waals surface area contributed by atoms with Gasteiger partial charge in [-0.3, -0.25) is 4.79 Å². The fourth-order valence-corrected chi connectivity index (χ4v) is 2.07. The summed E-state index contributed by atoms with van der Waals surface area (Å²) in [6, 6.07) is 9.81. The zero-order valence-corrected chi connectivity index (χ0v) is 11.5. The molecule has 100 valence electrons. The number of rotatable bonds is 4. The summed E-state index contributed by atoms with van der Waals surface area (Å²) in [7, 11) is 3.66. The summed E-state index contributed by atoms with van der Waals surface area (Å²) in [5.74, 6) is -0.0555. The highest BCUT2D eigenvalue weighted by molar-refractivity contribution is 5.96. The zero-order valence-electron chi connectivity index (χ0n) is 11.5. The Kier molecular flexibility index (Phi) is 3.90. The van der Waals surface area contributed by atoms with Crippen LogP contribution in [0.4, 0.5) is 5.69 Å². The van der Waals surface area contributed by atoms with Gasteiger partial charge in [-0.15, -0.1) is 0 Å². The number of amides is 1. The maximum Gasteiger partial charge on any atom is 0.251 e. The molecule has 4 nitrogen and oxygen atoms in total. The van der Waals surface area contributed by atoms with Gasteiger partial charge in [-0.1, -0.05) is 6.07 Å². The van der Waals surface area contributed by atoms with E-state index in [4.69, 9.17) is 0 Å². The van der Waals surface area contributed by atoms with Gasteiger partial charge in [0.2, 0.25) is 0 Å². The molecule has 0 aliphatic rings. The summed E-state index contributed by atoms with van der Waals surface area (Å²) in [5, 5.41) is 6.03. The predicted molar refractivity (Wildman–Crippen MR) is 77.3 cm³/mol. The summed E-state index contributed by atoms with van der Waals surface area (Å²) in [6.07, 6.45) is 2.02. The molecule has 0 bridgehead atoms. The molecule has 0 atom stereocenters. The summed E-state index contributed by atoms with van der Waals surface area (Å²) in [5.41, 5.74) is 3.86. The third kappa shape index (κ3) is 2.78. The van der Waals surface area contributed by atoms with Crippen molar-refractivity contribution in [2.24, 2.45) is 7.05 Å². The number of nitrogens with zero attached hydrogens (tertiary/aromatic N) is 1. The molecule has 4 heteroatoms. The number of carbonyl (C=O) groups excluding carboxylic acids is 1. The maximum atomic E-state index is 11.7. The number of hydrogen-bond donors (Lipinski definition) is 2. The van der Waals surface area contributed by atoms with Crippen molar-refractivity contribution in [2.75, 3.05) is 12.4 Å². The Labute approximate surface area is 113 Å². The van der Waals surface area contributed by atoms with E-state index >= 15 is 0 Å². The molecule has 0 unspecified atom stereocenters. The number of aromatic nitrogens is 1. The van der Waals surface area contributed by atoms with Gasteiger partial charge < -0.3 is 15.2 Å². The van der Waals surface area contributed by atoms with Crippen LogP contribution in [0.2, 0.25) is 0 Å². The second-order valence-electron chi connectivity index (χ2n) is 4.52. The minimum atomic E-state index is -0.0555. The SMILES string of the molecule is CNC(=O)c1cccc(NCc2cccn2C)c1C. The molecule has 2 aromatic rings. The van der Waals surface area contributed by atoms with Crippen molar-refractivity contribution in [1.29, 1.82) is 0 Å². The van der Waals surface area contributed by atoms with E-state index in [9.17, 15) is 4.79 Å². The van der Waals surface area contributed by atoms with Crippen LogP contribution in [0.15, 0.2) is 36.5 Å². The molecule has 1 aromatic heterocycles. The van der Waals surface area contributed by atoms with E-state index < -0.39 is 0 Å². The monoisotopic (exact) mass is 257 g/mol. The fourth-order valence-electron chi connectivity index (χ4n) is 2.07. The number of aryl methyl sites for hydroxylation is 1. The number of benzene rings is 1. The molecule has 1 aromatic carbocycles. The second-order valence-corrected chi connectivity index (χ2v) is 4.52. The standard InChI is InChI=1S/C15H19N3O/c1-11-13(15(19)16-2)7-4-8-14(11)17-10-12-6-5-9-18(12)3/h4-9,17H,10H2,1-3H3,(H,16,19). The van der Waals surface area contributed by atoms with Crippen molar-refractivity contribution in [3.8, 4) is 0 Å². The minimum absolute atomic E-state index is 0.0555. The van der Waals surface area contributed by atoms with Crippen LogP contribution < -0.4 is 10.6 Å². The van der Waals surface area contributed by atoms with Crippen molar-refractivity contribution in [3.05, 3.63) is 53.3 Å². The van der Waals surface area contributed by atoms with Gasteiger partial charge in [-0.25, -0.2) is 0 Å². The Morgan fingerprint density at radius 3 is 2.68 bits per heavy atom. The summed E-state index contributed by atoms with van der Waals surface area (Å²) < 4.78 is 2.07. The molecular formula is C15H19N3O. The minimum Gasteiger partial charge on any atom is -0.379 e. The van der Waals surface area contributed by atoms with Crippen molar-refractivity contribution >= 4 is 11.6 Å². The van der Waals surface area contributed by atoms with Crippen molar-refractivity contribution in [3.63, 3.8) is 0 Å². The van der Waals surface area contributed by atoms with Crippen molar-refractivity contribution in [2.45, 2.75) is 13.5 Å². The molecule has 2 rings (SSSR count). The number of carbonyl (C=O) groups is 1. The van der Waals surface area contributed by atoms with E-state index in [1.165, 1.54) is 5.69 Å². The summed E-state index contributed by atoms with van der Waals surface area (Å²) >= 11 is 0. The molecular weight excluding hydrogens is 238 g/mol. The molecule has 0 fully saturated rings. The third-order valence-electron chi connectivity index (χ3n) is 3.32. The van der Waals surface area contributed by atoms with Crippen LogP contribution in [0.5, 0.6) is 0 Å². The van der Waals surface area contributed by atoms with Crippen molar-refractivity contribution < 1.29 is 4.79 Å². The molecule has 2 N–H and O–H groups in total. The van der Waals surface area contributed by atoms with Crippen LogP contribution in [0, 0.1) is 6.92 Å². The zero-order chi connectivity index (χ0) is 13.8. The molecule has 1 amide bonds. The topological polar surface area (TPSA) is 46.1 Å². The molecule has 0 aliphatic heterocycles. The smallest absolute Gasteiger partial charge is 0.251 e. The maximum absolute atomic E-state index is 11.7. The first-order chi connectivity index (χ1) is 9.13. The predicted octanol–water partition coefficient (Wildman–Crippen LogP) is 2.31. The number of hydrogen-bond acceptors (Lipinski definition) is 2. The number of anilines is 1. The Hall–Kier alpha value is -2.23. The highest BCUT2D eigenvalue weighted by atomic mass is 16.1. The van der Waals surface area contributed by atoms with E-state index in [0.717, 1.165) is 17.8 Å². The number of nitrogens with one attached hydrogen (secondary N) is 2. The normalized spacial score (nSPS) is 10.3. The summed E-state index contributed by atoms with van der Waals surface area (Å²) in [6.45, 7) is 2.69. The van der Waals surface area contributed by atoms with Gasteiger partial charge in [0, 0.05) is 37.2 Å². The van der Waals surface area contributed by atoms with Crippen LogP contribution in [0.1, 0.15) is 21.6 Å². The van der Waals surface area contributed by atoms with Crippen molar-refractivity contribution in [1.82, 2.24) is 9.88 Å². The van der Waals surface area contributed by atoms with Gasteiger partial charge in [-0.05, 0) is 36.8 Å². The molecule has 0 aliphatic carbocycles. The van der Waals surface area contributed by atoms with Crippen LogP contribution in [0.3, 0.4) is 0 Å². The van der Waals surface area contributed by atoms with Gasteiger partial charge in [-0.2, -0.15) is 0 Å². The van der Waals surface area contributed by atoms with E-state index in [0.29, 0.717) is 5.56 Å². The molecule has 0 radical (unpaired) electrons. The average Bonchev–Trinajstić information content (AvgIpc) is 2.82. The molecule has 19 heavy (non-hydrogen) atoms. The third-order valence-corrected chi connectivity index (χ3v) is 3.32. The quantitative estimate of drug-likeness (QED) is 0.883. The average molecular weight is 257 g/mol. The van der Waals surface area contributed by atoms with Crippen LogP contribution in [-0.4, -0.2) is 17.5 Å². The molecule has 0 spiro atoms. The Morgan fingerprint density at radius 1 is 1.26 bits per heavy atom. The van der Waals surface area contributed by atoms with E-state index in [-0.39, 0.29) is 5.91 Å². The second kappa shape index (κ2) is 5.61. The first-order valence-corrected chi connectivity index (χ1v) is 6.29. The van der Waals surface area contributed by atoms with Gasteiger partial charge >= 0.3 is 0 Å². The molecule has 0 saturated carbocycles. The van der Waals surface area contributed by atoms with Gasteiger partial charge in [0.05, 0.1) is 6.54 Å². The largest absolute Gasteiger partial charge is 0.379 e. The lowest BCUT2D eigenvalue weighted by Gasteiger charge is -2.13. The lowest BCUT2D eigenvalue weighted by molar-refractivity contribution is 0.0962. The highest BCUT2D eigenvalue weighted by Crippen LogP contribution is 2.19. The Bertz CT molecular complexity index is 587. The van der Waals surface area contributed by atoms with Gasteiger partial charge in [0.25, 0.3) is 5.91 Å². The lowest BCUT2D eigenvalue weighted by atomic mass is 10.1. The lowest BCUT2D eigenvalue weighted by Crippen LogP contribution is -2.19. The first kappa shape index (κ1) is 13.2. The Balaban J connectivity index is 2.17. The van der Waals surface area contributed by atoms with E-state index in [1.54, 1.807) is 7.05 Å². The van der Waals surface area contributed by atoms with Crippen LogP contribution in [0.25, 0.3) is 0 Å². The first-order valence-electron chi connectivity index (χ1n) is 6.29. The molecule has 0 saturated heterocycles. The van der Waals surface area contributed by atoms with E-state index in [2.05, 4.69) is 21.3 Å². The fraction of sp³-hybridized carbons (Fsp3) is 0.267. The summed E-state index contributed by atoms with van der Waals surface area (Å²) in [4.78, 5) is 11.7. The van der Waals surface area contributed by atoms with Gasteiger partial charge in [0.1, 0.15) is 0 Å². The highest BCUT2D eigenvalue weighted by Gasteiger charge is 2.09. The molecule has 1 heterocycles. The van der Waals surface area contributed by atoms with Gasteiger partial charge in [0.15, 0.2) is 0 Å². The van der Waals surface area contributed by atoms with Crippen LogP contribution in [-0.2, 0) is 13.6 Å².